The zero-order chi connectivity index (χ0) is 31.1. The Morgan fingerprint density at radius 3 is 2.39 bits per heavy atom. The minimum absolute atomic E-state index is 0.0413. The normalized spacial score (nSPS) is 13.2. The predicted octanol–water partition coefficient (Wildman–Crippen LogP) is 6.56. The van der Waals surface area contributed by atoms with Crippen LogP contribution < -0.4 is 10.6 Å². The van der Waals surface area contributed by atoms with Crippen LogP contribution in [0.4, 0.5) is 10.7 Å². The lowest BCUT2D eigenvalue weighted by Crippen LogP contribution is -2.33. The Labute approximate surface area is 264 Å². The quantitative estimate of drug-likeness (QED) is 0.124. The fourth-order valence-electron chi connectivity index (χ4n) is 4.86. The highest BCUT2D eigenvalue weighted by Gasteiger charge is 2.31. The average molecular weight is 626 g/mol. The first kappa shape index (κ1) is 30.8. The largest absolute Gasteiger partial charge is 0.465 e. The number of hydrogen-bond acceptors (Lipinski definition) is 7. The third kappa shape index (κ3) is 7.45. The van der Waals surface area contributed by atoms with Crippen molar-refractivity contribution >= 4 is 63.6 Å². The minimum Gasteiger partial charge on any atom is -0.465 e. The average Bonchev–Trinajstić information content (AvgIpc) is 3.40. The van der Waals surface area contributed by atoms with Crippen LogP contribution in [-0.2, 0) is 32.1 Å². The Balaban J connectivity index is 1.37. The molecule has 2 N–H and O–H groups in total. The second kappa shape index (κ2) is 14.2. The third-order valence-electron chi connectivity index (χ3n) is 7.05. The Hall–Kier alpha value is -4.67. The molecule has 1 aliphatic rings. The number of methoxy groups -OCH3 is 1. The molecule has 0 fully saturated rings. The van der Waals surface area contributed by atoms with Crippen LogP contribution in [0.2, 0.25) is 0 Å². The maximum absolute atomic E-state index is 13.9. The van der Waals surface area contributed by atoms with Gasteiger partial charge in [0, 0.05) is 35.0 Å². The van der Waals surface area contributed by atoms with Gasteiger partial charge in [-0.25, -0.2) is 4.79 Å². The van der Waals surface area contributed by atoms with Crippen molar-refractivity contribution in [3.8, 4) is 0 Å². The number of hydrogen-bond donors (Lipinski definition) is 2. The molecule has 2 heterocycles. The lowest BCUT2D eigenvalue weighted by Gasteiger charge is -2.25. The van der Waals surface area contributed by atoms with Crippen molar-refractivity contribution in [2.75, 3.05) is 24.3 Å². The number of carbonyl (C=O) groups is 4. The van der Waals surface area contributed by atoms with E-state index in [0.29, 0.717) is 35.8 Å². The van der Waals surface area contributed by atoms with Crippen LogP contribution in [0.15, 0.2) is 95.9 Å². The van der Waals surface area contributed by atoms with Gasteiger partial charge < -0.3 is 20.3 Å². The molecule has 224 valence electrons. The van der Waals surface area contributed by atoms with E-state index >= 15 is 0 Å². The molecule has 44 heavy (non-hydrogen) atoms. The Bertz CT molecular complexity index is 1700. The summed E-state index contributed by atoms with van der Waals surface area (Å²) in [6, 6.07) is 26.2. The first-order valence-electron chi connectivity index (χ1n) is 14.0. The van der Waals surface area contributed by atoms with Gasteiger partial charge in [0.25, 0.3) is 0 Å². The molecule has 1 unspecified atom stereocenters. The van der Waals surface area contributed by atoms with E-state index in [-0.39, 0.29) is 17.7 Å². The first-order valence-corrected chi connectivity index (χ1v) is 15.7. The molecule has 5 rings (SSSR count). The molecule has 0 spiro atoms. The van der Waals surface area contributed by atoms with Crippen molar-refractivity contribution in [2.24, 2.45) is 0 Å². The number of anilines is 2. The summed E-state index contributed by atoms with van der Waals surface area (Å²) in [5, 5.41) is 5.62. The number of nitrogens with one attached hydrogen (secondary N) is 2. The Morgan fingerprint density at radius 2 is 1.68 bits per heavy atom. The topological polar surface area (TPSA) is 105 Å². The fourth-order valence-corrected chi connectivity index (χ4v) is 7.20. The third-order valence-corrected chi connectivity index (χ3v) is 9.43. The summed E-state index contributed by atoms with van der Waals surface area (Å²) in [6.07, 6.45) is 3.72. The first-order chi connectivity index (χ1) is 21.3. The lowest BCUT2D eigenvalue weighted by atomic mass is 10.0. The van der Waals surface area contributed by atoms with E-state index < -0.39 is 11.2 Å². The molecule has 1 aromatic heterocycles. The number of fused-ring (bicyclic) bond motifs is 1. The molecule has 1 aliphatic heterocycles. The molecule has 10 heteroatoms. The molecule has 0 radical (unpaired) electrons. The molecular formula is C34H31N3O5S2. The summed E-state index contributed by atoms with van der Waals surface area (Å²) in [5.74, 6) is -1.15. The number of ether oxygens (including phenoxy) is 1. The minimum atomic E-state index is -0.668. The maximum atomic E-state index is 13.9. The van der Waals surface area contributed by atoms with Gasteiger partial charge in [-0.2, -0.15) is 0 Å². The van der Waals surface area contributed by atoms with E-state index in [1.165, 1.54) is 43.2 Å². The number of benzene rings is 3. The van der Waals surface area contributed by atoms with E-state index in [9.17, 15) is 19.2 Å². The summed E-state index contributed by atoms with van der Waals surface area (Å²) >= 11 is 2.63. The number of thiophene rings is 1. The van der Waals surface area contributed by atoms with Crippen molar-refractivity contribution in [2.45, 2.75) is 30.0 Å². The standard InChI is InChI=1S/C34H31N3O5S2/c1-22(38)37-19-18-27-28(21-37)44-33(30(27)34(41)42-2)36-32(40)31(24-12-7-4-8-13-24)43-26-15-9-14-25(20-26)35-29(39)17-16-23-10-5-3-6-11-23/h3-17,20,31H,18-19,21H2,1-2H3,(H,35,39)(H,36,40)/b17-16+. The number of thioether (sulfide) groups is 1. The molecule has 4 aromatic rings. The number of esters is 1. The Morgan fingerprint density at radius 1 is 0.955 bits per heavy atom. The van der Waals surface area contributed by atoms with Gasteiger partial charge in [-0.05, 0) is 47.4 Å². The summed E-state index contributed by atoms with van der Waals surface area (Å²) in [4.78, 5) is 54.7. The van der Waals surface area contributed by atoms with E-state index in [1.54, 1.807) is 17.0 Å². The second-order valence-electron chi connectivity index (χ2n) is 10.0. The molecule has 3 aromatic carbocycles. The highest BCUT2D eigenvalue weighted by atomic mass is 32.2. The summed E-state index contributed by atoms with van der Waals surface area (Å²) in [7, 11) is 1.31. The molecular weight excluding hydrogens is 595 g/mol. The van der Waals surface area contributed by atoms with E-state index in [1.807, 2.05) is 78.9 Å². The molecule has 0 aliphatic carbocycles. The van der Waals surface area contributed by atoms with E-state index in [0.717, 1.165) is 26.5 Å². The van der Waals surface area contributed by atoms with E-state index in [4.69, 9.17) is 4.74 Å². The molecule has 0 bridgehead atoms. The van der Waals surface area contributed by atoms with Crippen molar-refractivity contribution in [3.63, 3.8) is 0 Å². The van der Waals surface area contributed by atoms with E-state index in [2.05, 4.69) is 10.6 Å². The monoisotopic (exact) mass is 625 g/mol. The van der Waals surface area contributed by atoms with Gasteiger partial charge in [0.15, 0.2) is 0 Å². The van der Waals surface area contributed by atoms with Crippen LogP contribution in [-0.4, -0.2) is 42.2 Å². The van der Waals surface area contributed by atoms with Crippen LogP contribution >= 0.6 is 23.1 Å². The number of carbonyl (C=O) groups excluding carboxylic acids is 4. The van der Waals surface area contributed by atoms with Crippen molar-refractivity contribution < 1.29 is 23.9 Å². The smallest absolute Gasteiger partial charge is 0.341 e. The molecule has 0 saturated carbocycles. The summed E-state index contributed by atoms with van der Waals surface area (Å²) in [6.45, 7) is 2.39. The molecule has 8 nitrogen and oxygen atoms in total. The van der Waals surface area contributed by atoms with Gasteiger partial charge >= 0.3 is 5.97 Å². The fraction of sp³-hybridized carbons (Fsp3) is 0.176. The lowest BCUT2D eigenvalue weighted by molar-refractivity contribution is -0.129. The van der Waals surface area contributed by atoms with Crippen LogP contribution in [0, 0.1) is 0 Å². The van der Waals surface area contributed by atoms with Crippen LogP contribution in [0.5, 0.6) is 0 Å². The second-order valence-corrected chi connectivity index (χ2v) is 12.3. The highest BCUT2D eigenvalue weighted by Crippen LogP contribution is 2.41. The van der Waals surface area contributed by atoms with Gasteiger partial charge in [0.2, 0.25) is 17.7 Å². The van der Waals surface area contributed by atoms with Crippen LogP contribution in [0.1, 0.15) is 44.1 Å². The van der Waals surface area contributed by atoms with Gasteiger partial charge in [0.05, 0.1) is 19.2 Å². The van der Waals surface area contributed by atoms with Crippen LogP contribution in [0.25, 0.3) is 6.08 Å². The van der Waals surface area contributed by atoms with Crippen molar-refractivity contribution in [1.82, 2.24) is 4.90 Å². The van der Waals surface area contributed by atoms with Crippen molar-refractivity contribution in [1.29, 1.82) is 0 Å². The van der Waals surface area contributed by atoms with Gasteiger partial charge in [-0.3, -0.25) is 14.4 Å². The zero-order valence-corrected chi connectivity index (χ0v) is 25.9. The Kier molecular flexibility index (Phi) is 9.93. The van der Waals surface area contributed by atoms with Crippen LogP contribution in [0.3, 0.4) is 0 Å². The maximum Gasteiger partial charge on any atom is 0.341 e. The summed E-state index contributed by atoms with van der Waals surface area (Å²) in [5.41, 5.74) is 3.44. The molecule has 0 saturated heterocycles. The summed E-state index contributed by atoms with van der Waals surface area (Å²) < 4.78 is 5.08. The zero-order valence-electron chi connectivity index (χ0n) is 24.2. The predicted molar refractivity (Wildman–Crippen MR) is 175 cm³/mol. The SMILES string of the molecule is COC(=O)c1c(NC(=O)C(Sc2cccc(NC(=O)/C=C/c3ccccc3)c2)c2ccccc2)sc2c1CCN(C(C)=O)C2. The number of nitrogens with zero attached hydrogens (tertiary/aromatic N) is 1. The van der Waals surface area contributed by atoms with Gasteiger partial charge in [-0.15, -0.1) is 23.1 Å². The van der Waals surface area contributed by atoms with Gasteiger partial charge in [0.1, 0.15) is 10.3 Å². The molecule has 3 amide bonds. The number of rotatable bonds is 9. The molecule has 1 atom stereocenters. The van der Waals surface area contributed by atoms with Gasteiger partial charge in [-0.1, -0.05) is 66.7 Å². The van der Waals surface area contributed by atoms with Crippen molar-refractivity contribution in [3.05, 3.63) is 118 Å². The number of amides is 3. The highest BCUT2D eigenvalue weighted by molar-refractivity contribution is 8.00.